The Morgan fingerprint density at radius 2 is 2.06 bits per heavy atom. The number of ether oxygens (including phenoxy) is 1. The lowest BCUT2D eigenvalue weighted by molar-refractivity contribution is -0.163. The Morgan fingerprint density at radius 3 is 2.61 bits per heavy atom. The molecule has 0 saturated carbocycles. The summed E-state index contributed by atoms with van der Waals surface area (Å²) < 4.78 is 5.37. The minimum absolute atomic E-state index is 0.0673. The maximum atomic E-state index is 12.0. The first-order valence-corrected chi connectivity index (χ1v) is 7.76. The molecule has 1 atom stereocenters. The zero-order valence-electron chi connectivity index (χ0n) is 11.7. The van der Waals surface area contributed by atoms with E-state index in [0.717, 1.165) is 18.6 Å². The number of thioether (sulfide) groups is 1. The van der Waals surface area contributed by atoms with Gasteiger partial charge in [0.15, 0.2) is 0 Å². The van der Waals surface area contributed by atoms with Gasteiger partial charge in [-0.2, -0.15) is 11.8 Å². The van der Waals surface area contributed by atoms with Crippen molar-refractivity contribution in [2.75, 3.05) is 18.6 Å². The van der Waals surface area contributed by atoms with Crippen LogP contribution in [-0.4, -0.2) is 47.0 Å². The van der Waals surface area contributed by atoms with E-state index in [1.54, 1.807) is 16.7 Å². The van der Waals surface area contributed by atoms with Crippen LogP contribution >= 0.6 is 11.8 Å². The predicted molar refractivity (Wildman–Crippen MR) is 73.6 cm³/mol. The van der Waals surface area contributed by atoms with E-state index in [0.29, 0.717) is 13.0 Å². The van der Waals surface area contributed by atoms with Gasteiger partial charge in [0.2, 0.25) is 5.91 Å². The SMILES string of the molecule is CSCCC(=O)N1CCC[C@@H]1C(=O)OC(C)(C)C. The Morgan fingerprint density at radius 1 is 1.39 bits per heavy atom. The normalized spacial score (nSPS) is 20.0. The second kappa shape index (κ2) is 6.45. The number of rotatable bonds is 4. The molecule has 0 aliphatic carbocycles. The molecular weight excluding hydrogens is 250 g/mol. The number of amides is 1. The lowest BCUT2D eigenvalue weighted by atomic mass is 10.1. The summed E-state index contributed by atoms with van der Waals surface area (Å²) >= 11 is 1.64. The molecule has 0 unspecified atom stereocenters. The summed E-state index contributed by atoms with van der Waals surface area (Å²) in [4.78, 5) is 25.7. The van der Waals surface area contributed by atoms with E-state index in [2.05, 4.69) is 0 Å². The van der Waals surface area contributed by atoms with Crippen molar-refractivity contribution in [3.8, 4) is 0 Å². The number of hydrogen-bond donors (Lipinski definition) is 0. The summed E-state index contributed by atoms with van der Waals surface area (Å²) in [5.41, 5.74) is -0.492. The molecule has 104 valence electrons. The zero-order chi connectivity index (χ0) is 13.8. The third-order valence-corrected chi connectivity index (χ3v) is 3.38. The molecule has 0 radical (unpaired) electrons. The topological polar surface area (TPSA) is 46.6 Å². The van der Waals surface area contributed by atoms with Crippen LogP contribution in [0.1, 0.15) is 40.0 Å². The van der Waals surface area contributed by atoms with E-state index in [9.17, 15) is 9.59 Å². The average Bonchev–Trinajstić information content (AvgIpc) is 2.72. The van der Waals surface area contributed by atoms with Crippen molar-refractivity contribution in [1.29, 1.82) is 0 Å². The largest absolute Gasteiger partial charge is 0.458 e. The first-order valence-electron chi connectivity index (χ1n) is 6.36. The molecule has 18 heavy (non-hydrogen) atoms. The Kier molecular flexibility index (Phi) is 5.50. The van der Waals surface area contributed by atoms with Crippen LogP contribution < -0.4 is 0 Å². The van der Waals surface area contributed by atoms with E-state index in [1.165, 1.54) is 0 Å². The maximum absolute atomic E-state index is 12.0. The molecule has 4 nitrogen and oxygen atoms in total. The van der Waals surface area contributed by atoms with Crippen LogP contribution in [0.5, 0.6) is 0 Å². The molecule has 1 aliphatic rings. The monoisotopic (exact) mass is 273 g/mol. The average molecular weight is 273 g/mol. The molecule has 1 saturated heterocycles. The van der Waals surface area contributed by atoms with Gasteiger partial charge in [-0.3, -0.25) is 4.79 Å². The van der Waals surface area contributed by atoms with E-state index in [4.69, 9.17) is 4.74 Å². The van der Waals surface area contributed by atoms with Crippen LogP contribution in [0.4, 0.5) is 0 Å². The quantitative estimate of drug-likeness (QED) is 0.736. The molecular formula is C13H23NO3S. The van der Waals surface area contributed by atoms with Gasteiger partial charge in [-0.05, 0) is 39.9 Å². The minimum atomic E-state index is -0.492. The number of hydrogen-bond acceptors (Lipinski definition) is 4. The summed E-state index contributed by atoms with van der Waals surface area (Å²) in [6.45, 7) is 6.22. The minimum Gasteiger partial charge on any atom is -0.458 e. The number of likely N-dealkylation sites (tertiary alicyclic amines) is 1. The fourth-order valence-corrected chi connectivity index (χ4v) is 2.39. The first-order chi connectivity index (χ1) is 8.35. The second-order valence-corrected chi connectivity index (χ2v) is 6.51. The van der Waals surface area contributed by atoms with Gasteiger partial charge in [0.25, 0.3) is 0 Å². The number of nitrogens with zero attached hydrogens (tertiary/aromatic N) is 1. The number of esters is 1. The van der Waals surface area contributed by atoms with Crippen LogP contribution in [-0.2, 0) is 14.3 Å². The van der Waals surface area contributed by atoms with Crippen LogP contribution in [0.3, 0.4) is 0 Å². The second-order valence-electron chi connectivity index (χ2n) is 5.52. The molecule has 0 N–H and O–H groups in total. The fourth-order valence-electron chi connectivity index (χ4n) is 2.01. The Bertz CT molecular complexity index is 312. The first kappa shape index (κ1) is 15.3. The van der Waals surface area contributed by atoms with Gasteiger partial charge < -0.3 is 9.64 Å². The van der Waals surface area contributed by atoms with Gasteiger partial charge in [0.05, 0.1) is 0 Å². The Labute approximate surface area is 113 Å². The molecule has 1 amide bonds. The maximum Gasteiger partial charge on any atom is 0.329 e. The molecule has 1 fully saturated rings. The Hall–Kier alpha value is -0.710. The number of carbonyl (C=O) groups excluding carboxylic acids is 2. The van der Waals surface area contributed by atoms with Crippen LogP contribution in [0.15, 0.2) is 0 Å². The smallest absolute Gasteiger partial charge is 0.329 e. The summed E-state index contributed by atoms with van der Waals surface area (Å²) in [5.74, 6) is 0.603. The highest BCUT2D eigenvalue weighted by molar-refractivity contribution is 7.98. The molecule has 1 aliphatic heterocycles. The number of carbonyl (C=O) groups is 2. The van der Waals surface area contributed by atoms with Crippen molar-refractivity contribution in [2.24, 2.45) is 0 Å². The zero-order valence-corrected chi connectivity index (χ0v) is 12.5. The molecule has 1 heterocycles. The highest BCUT2D eigenvalue weighted by Gasteiger charge is 2.36. The molecule has 0 aromatic rings. The van der Waals surface area contributed by atoms with Gasteiger partial charge >= 0.3 is 5.97 Å². The van der Waals surface area contributed by atoms with Crippen molar-refractivity contribution >= 4 is 23.6 Å². The van der Waals surface area contributed by atoms with Crippen molar-refractivity contribution in [3.63, 3.8) is 0 Å². The van der Waals surface area contributed by atoms with Gasteiger partial charge in [0, 0.05) is 18.7 Å². The standard InChI is InChI=1S/C13H23NO3S/c1-13(2,3)17-12(16)10-6-5-8-14(10)11(15)7-9-18-4/h10H,5-9H2,1-4H3/t10-/m1/s1. The molecule has 5 heteroatoms. The predicted octanol–water partition coefficient (Wildman–Crippen LogP) is 2.07. The lowest BCUT2D eigenvalue weighted by Gasteiger charge is -2.27. The van der Waals surface area contributed by atoms with Gasteiger partial charge in [-0.15, -0.1) is 0 Å². The van der Waals surface area contributed by atoms with Crippen LogP contribution in [0.25, 0.3) is 0 Å². The van der Waals surface area contributed by atoms with Crippen LogP contribution in [0.2, 0.25) is 0 Å². The summed E-state index contributed by atoms with van der Waals surface area (Å²) in [6, 6.07) is -0.376. The third-order valence-electron chi connectivity index (χ3n) is 2.77. The molecule has 0 aromatic heterocycles. The summed E-state index contributed by atoms with van der Waals surface area (Å²) in [5, 5.41) is 0. The van der Waals surface area contributed by atoms with Gasteiger partial charge in [0.1, 0.15) is 11.6 Å². The van der Waals surface area contributed by atoms with Crippen molar-refractivity contribution in [2.45, 2.75) is 51.7 Å². The molecule has 0 spiro atoms. The lowest BCUT2D eigenvalue weighted by Crippen LogP contribution is -2.43. The van der Waals surface area contributed by atoms with Crippen LogP contribution in [0, 0.1) is 0 Å². The highest BCUT2D eigenvalue weighted by atomic mass is 32.2. The van der Waals surface area contributed by atoms with Gasteiger partial charge in [-0.25, -0.2) is 4.79 Å². The van der Waals surface area contributed by atoms with Crippen molar-refractivity contribution < 1.29 is 14.3 Å². The molecule has 0 aromatic carbocycles. The third kappa shape index (κ3) is 4.52. The van der Waals surface area contributed by atoms with E-state index >= 15 is 0 Å². The fraction of sp³-hybridized carbons (Fsp3) is 0.846. The Balaban J connectivity index is 2.59. The highest BCUT2D eigenvalue weighted by Crippen LogP contribution is 2.22. The molecule has 0 bridgehead atoms. The van der Waals surface area contributed by atoms with E-state index in [1.807, 2.05) is 27.0 Å². The van der Waals surface area contributed by atoms with Gasteiger partial charge in [-0.1, -0.05) is 0 Å². The van der Waals surface area contributed by atoms with Crippen molar-refractivity contribution in [1.82, 2.24) is 4.90 Å². The van der Waals surface area contributed by atoms with E-state index in [-0.39, 0.29) is 17.9 Å². The van der Waals surface area contributed by atoms with Crippen molar-refractivity contribution in [3.05, 3.63) is 0 Å². The summed E-state index contributed by atoms with van der Waals surface area (Å²) in [6.07, 6.45) is 4.08. The summed E-state index contributed by atoms with van der Waals surface area (Å²) in [7, 11) is 0. The van der Waals surface area contributed by atoms with E-state index < -0.39 is 5.60 Å². The molecule has 1 rings (SSSR count).